The first kappa shape index (κ1) is 21.1. The maximum atomic E-state index is 12.9. The van der Waals surface area contributed by atoms with E-state index in [4.69, 9.17) is 4.74 Å². The topological polar surface area (TPSA) is 98.5 Å². The molecular formula is C21H24N2O5. The number of aryl methyl sites for hydroxylation is 1. The zero-order valence-corrected chi connectivity index (χ0v) is 16.4. The van der Waals surface area contributed by atoms with Crippen molar-refractivity contribution in [2.24, 2.45) is 0 Å². The van der Waals surface area contributed by atoms with E-state index in [1.54, 1.807) is 32.0 Å². The average molecular weight is 384 g/mol. The molecule has 0 aliphatic carbocycles. The van der Waals surface area contributed by atoms with E-state index in [1.165, 1.54) is 18.2 Å². The molecule has 0 aliphatic heterocycles. The molecule has 2 aromatic carbocycles. The van der Waals surface area contributed by atoms with E-state index in [1.807, 2.05) is 19.9 Å². The fourth-order valence-corrected chi connectivity index (χ4v) is 2.90. The third-order valence-electron chi connectivity index (χ3n) is 4.40. The van der Waals surface area contributed by atoms with E-state index < -0.39 is 22.8 Å². The number of carbonyl (C=O) groups excluding carboxylic acids is 2. The third kappa shape index (κ3) is 5.16. The van der Waals surface area contributed by atoms with Crippen LogP contribution in [0.3, 0.4) is 0 Å². The number of amides is 1. The number of nitro groups is 1. The molecule has 0 saturated carbocycles. The molecule has 1 atom stereocenters. The van der Waals surface area contributed by atoms with Gasteiger partial charge in [0.25, 0.3) is 11.6 Å². The van der Waals surface area contributed by atoms with Gasteiger partial charge in [-0.25, -0.2) is 0 Å². The molecule has 0 aromatic heterocycles. The maximum Gasteiger partial charge on any atom is 0.308 e. The summed E-state index contributed by atoms with van der Waals surface area (Å²) >= 11 is 0. The van der Waals surface area contributed by atoms with Crippen LogP contribution in [0.2, 0.25) is 0 Å². The lowest BCUT2D eigenvalue weighted by Crippen LogP contribution is -2.32. The number of carbonyl (C=O) groups is 2. The smallest absolute Gasteiger partial charge is 0.308 e. The Hall–Kier alpha value is -3.22. The van der Waals surface area contributed by atoms with Gasteiger partial charge in [-0.15, -0.1) is 0 Å². The molecular weight excluding hydrogens is 360 g/mol. The van der Waals surface area contributed by atoms with Crippen LogP contribution in [0.25, 0.3) is 0 Å². The zero-order valence-electron chi connectivity index (χ0n) is 16.4. The van der Waals surface area contributed by atoms with Crippen molar-refractivity contribution in [1.82, 2.24) is 5.32 Å². The predicted molar refractivity (Wildman–Crippen MR) is 105 cm³/mol. The SMILES string of the molecule is Cc1cccc(C(=O)NC(CC(=O)OC(C)C)c2ccccc2[N+](=O)[O-])c1C. The predicted octanol–water partition coefficient (Wildman–Crippen LogP) is 4.02. The Morgan fingerprint density at radius 2 is 1.79 bits per heavy atom. The highest BCUT2D eigenvalue weighted by Gasteiger charge is 2.27. The fraction of sp³-hybridized carbons (Fsp3) is 0.333. The standard InChI is InChI=1S/C21H24N2O5/c1-13(2)28-20(24)12-18(17-9-5-6-11-19(17)23(26)27)22-21(25)16-10-7-8-14(3)15(16)4/h5-11,13,18H,12H2,1-4H3,(H,22,25). The Labute approximate surface area is 163 Å². The number of para-hydroxylation sites is 1. The van der Waals surface area contributed by atoms with Gasteiger partial charge in [-0.3, -0.25) is 19.7 Å². The summed E-state index contributed by atoms with van der Waals surface area (Å²) in [6.45, 7) is 7.15. The van der Waals surface area contributed by atoms with Gasteiger partial charge in [-0.2, -0.15) is 0 Å². The summed E-state index contributed by atoms with van der Waals surface area (Å²) < 4.78 is 5.17. The van der Waals surface area contributed by atoms with E-state index in [2.05, 4.69) is 5.32 Å². The minimum Gasteiger partial charge on any atom is -0.463 e. The lowest BCUT2D eigenvalue weighted by Gasteiger charge is -2.20. The maximum absolute atomic E-state index is 12.9. The highest BCUT2D eigenvalue weighted by Crippen LogP contribution is 2.28. The second-order valence-electron chi connectivity index (χ2n) is 6.83. The van der Waals surface area contributed by atoms with Gasteiger partial charge in [-0.1, -0.05) is 30.3 Å². The second kappa shape index (κ2) is 9.12. The molecule has 2 aromatic rings. The minimum absolute atomic E-state index is 0.161. The molecule has 0 fully saturated rings. The monoisotopic (exact) mass is 384 g/mol. The van der Waals surface area contributed by atoms with Crippen molar-refractivity contribution >= 4 is 17.6 Å². The molecule has 1 N–H and O–H groups in total. The van der Waals surface area contributed by atoms with Gasteiger partial charge in [0.15, 0.2) is 0 Å². The Balaban J connectivity index is 2.39. The summed E-state index contributed by atoms with van der Waals surface area (Å²) in [6.07, 6.45) is -0.534. The lowest BCUT2D eigenvalue weighted by atomic mass is 9.99. The number of ether oxygens (including phenoxy) is 1. The van der Waals surface area contributed by atoms with Crippen molar-refractivity contribution in [3.63, 3.8) is 0 Å². The molecule has 2 rings (SSSR count). The van der Waals surface area contributed by atoms with Crippen molar-refractivity contribution in [1.29, 1.82) is 0 Å². The molecule has 0 aliphatic rings. The van der Waals surface area contributed by atoms with Gasteiger partial charge in [0.05, 0.1) is 29.1 Å². The molecule has 148 valence electrons. The van der Waals surface area contributed by atoms with Gasteiger partial charge >= 0.3 is 5.97 Å². The first-order chi connectivity index (χ1) is 13.2. The van der Waals surface area contributed by atoms with Crippen molar-refractivity contribution in [3.8, 4) is 0 Å². The van der Waals surface area contributed by atoms with Gasteiger partial charge < -0.3 is 10.1 Å². The van der Waals surface area contributed by atoms with Gasteiger partial charge in [0.1, 0.15) is 0 Å². The average Bonchev–Trinajstić information content (AvgIpc) is 2.62. The number of benzene rings is 2. The molecule has 7 nitrogen and oxygen atoms in total. The van der Waals surface area contributed by atoms with E-state index in [9.17, 15) is 19.7 Å². The summed E-state index contributed by atoms with van der Waals surface area (Å²) in [5.74, 6) is -0.943. The Bertz CT molecular complexity index is 892. The number of nitrogens with one attached hydrogen (secondary N) is 1. The molecule has 0 saturated heterocycles. The Morgan fingerprint density at radius 3 is 2.43 bits per heavy atom. The molecule has 1 unspecified atom stereocenters. The molecule has 0 bridgehead atoms. The largest absolute Gasteiger partial charge is 0.463 e. The highest BCUT2D eigenvalue weighted by molar-refractivity contribution is 5.96. The molecule has 7 heteroatoms. The summed E-state index contributed by atoms with van der Waals surface area (Å²) in [7, 11) is 0. The summed E-state index contributed by atoms with van der Waals surface area (Å²) in [6, 6.07) is 10.5. The number of hydrogen-bond donors (Lipinski definition) is 1. The Morgan fingerprint density at radius 1 is 1.11 bits per heavy atom. The van der Waals surface area contributed by atoms with Crippen LogP contribution >= 0.6 is 0 Å². The summed E-state index contributed by atoms with van der Waals surface area (Å²) in [5, 5.41) is 14.2. The third-order valence-corrected chi connectivity index (χ3v) is 4.40. The quantitative estimate of drug-likeness (QED) is 0.441. The fourth-order valence-electron chi connectivity index (χ4n) is 2.90. The second-order valence-corrected chi connectivity index (χ2v) is 6.83. The van der Waals surface area contributed by atoms with Crippen LogP contribution in [-0.4, -0.2) is 22.9 Å². The van der Waals surface area contributed by atoms with Crippen LogP contribution in [0.1, 0.15) is 53.4 Å². The number of nitro benzene ring substituents is 1. The van der Waals surface area contributed by atoms with E-state index in [0.717, 1.165) is 11.1 Å². The first-order valence-electron chi connectivity index (χ1n) is 9.00. The highest BCUT2D eigenvalue weighted by atomic mass is 16.6. The van der Waals surface area contributed by atoms with Crippen LogP contribution in [0, 0.1) is 24.0 Å². The normalized spacial score (nSPS) is 11.8. The molecule has 0 radical (unpaired) electrons. The number of rotatable bonds is 7. The van der Waals surface area contributed by atoms with Gasteiger partial charge in [0, 0.05) is 11.6 Å². The van der Waals surface area contributed by atoms with Gasteiger partial charge in [0.2, 0.25) is 0 Å². The summed E-state index contributed by atoms with van der Waals surface area (Å²) in [5.41, 5.74) is 2.32. The van der Waals surface area contributed by atoms with Crippen molar-refractivity contribution in [2.45, 2.75) is 46.3 Å². The number of hydrogen-bond acceptors (Lipinski definition) is 5. The van der Waals surface area contributed by atoms with Crippen LogP contribution in [0.4, 0.5) is 5.69 Å². The number of nitrogens with zero attached hydrogens (tertiary/aromatic N) is 1. The zero-order chi connectivity index (χ0) is 20.8. The van der Waals surface area contributed by atoms with Gasteiger partial charge in [-0.05, 0) is 44.9 Å². The van der Waals surface area contributed by atoms with Crippen molar-refractivity contribution in [2.75, 3.05) is 0 Å². The van der Waals surface area contributed by atoms with E-state index in [-0.39, 0.29) is 23.8 Å². The van der Waals surface area contributed by atoms with Crippen molar-refractivity contribution < 1.29 is 19.2 Å². The van der Waals surface area contributed by atoms with Crippen molar-refractivity contribution in [3.05, 3.63) is 74.8 Å². The van der Waals surface area contributed by atoms with E-state index in [0.29, 0.717) is 5.56 Å². The van der Waals surface area contributed by atoms with E-state index >= 15 is 0 Å². The van der Waals surface area contributed by atoms with Crippen LogP contribution < -0.4 is 5.32 Å². The lowest BCUT2D eigenvalue weighted by molar-refractivity contribution is -0.385. The number of esters is 1. The molecule has 1 amide bonds. The minimum atomic E-state index is -0.889. The van der Waals surface area contributed by atoms with Crippen LogP contribution in [0.5, 0.6) is 0 Å². The Kier molecular flexibility index (Phi) is 6.87. The van der Waals surface area contributed by atoms with Crippen LogP contribution in [-0.2, 0) is 9.53 Å². The summed E-state index contributed by atoms with van der Waals surface area (Å²) in [4.78, 5) is 36.0. The molecule has 0 heterocycles. The molecule has 0 spiro atoms. The van der Waals surface area contributed by atoms with Crippen LogP contribution in [0.15, 0.2) is 42.5 Å². The first-order valence-corrected chi connectivity index (χ1v) is 9.00. The molecule has 28 heavy (non-hydrogen) atoms.